The van der Waals surface area contributed by atoms with Crippen LogP contribution in [0, 0.1) is 5.82 Å². The van der Waals surface area contributed by atoms with Crippen molar-refractivity contribution in [3.05, 3.63) is 66.1 Å². The monoisotopic (exact) mass is 283 g/mol. The Labute approximate surface area is 119 Å². The van der Waals surface area contributed by atoms with Crippen LogP contribution in [0.3, 0.4) is 0 Å². The second-order valence-electron chi connectivity index (χ2n) is 4.32. The largest absolute Gasteiger partial charge is 0.476 e. The molecule has 3 aromatic rings. The molecule has 5 nitrogen and oxygen atoms in total. The molecule has 0 aliphatic heterocycles. The van der Waals surface area contributed by atoms with E-state index in [0.717, 1.165) is 0 Å². The summed E-state index contributed by atoms with van der Waals surface area (Å²) in [6.45, 7) is 0. The van der Waals surface area contributed by atoms with E-state index in [4.69, 9.17) is 0 Å². The van der Waals surface area contributed by atoms with Crippen LogP contribution >= 0.6 is 0 Å². The average Bonchev–Trinajstić information content (AvgIpc) is 2.93. The third-order valence-electron chi connectivity index (χ3n) is 3.00. The molecule has 0 atom stereocenters. The summed E-state index contributed by atoms with van der Waals surface area (Å²) in [5.74, 6) is -1.71. The zero-order chi connectivity index (χ0) is 14.8. The molecular weight excluding hydrogens is 273 g/mol. The first-order valence-electron chi connectivity index (χ1n) is 6.18. The average molecular weight is 283 g/mol. The summed E-state index contributed by atoms with van der Waals surface area (Å²) in [4.78, 5) is 11.3. The molecule has 0 spiro atoms. The van der Waals surface area contributed by atoms with E-state index in [-0.39, 0.29) is 17.1 Å². The van der Waals surface area contributed by atoms with Crippen molar-refractivity contribution < 1.29 is 14.3 Å². The molecule has 1 N–H and O–H groups in total. The molecule has 21 heavy (non-hydrogen) atoms. The summed E-state index contributed by atoms with van der Waals surface area (Å²) in [6.07, 6.45) is 0. The normalized spacial score (nSPS) is 10.5. The SMILES string of the molecule is O=C(O)c1nnn(-c2ccccc2F)c1-c1ccccc1. The maximum Gasteiger partial charge on any atom is 0.358 e. The Kier molecular flexibility index (Phi) is 3.19. The van der Waals surface area contributed by atoms with Gasteiger partial charge in [-0.2, -0.15) is 0 Å². The second-order valence-corrected chi connectivity index (χ2v) is 4.32. The lowest BCUT2D eigenvalue weighted by Crippen LogP contribution is -2.04. The quantitative estimate of drug-likeness (QED) is 0.802. The van der Waals surface area contributed by atoms with Gasteiger partial charge in [-0.15, -0.1) is 5.10 Å². The number of carbonyl (C=O) groups is 1. The topological polar surface area (TPSA) is 68.0 Å². The smallest absolute Gasteiger partial charge is 0.358 e. The molecule has 1 heterocycles. The van der Waals surface area contributed by atoms with Crippen LogP contribution in [0.4, 0.5) is 4.39 Å². The van der Waals surface area contributed by atoms with Crippen LogP contribution in [0.1, 0.15) is 10.5 Å². The molecule has 0 unspecified atom stereocenters. The number of para-hydroxylation sites is 1. The number of hydrogen-bond donors (Lipinski definition) is 1. The molecule has 0 aliphatic rings. The number of rotatable bonds is 3. The highest BCUT2D eigenvalue weighted by atomic mass is 19.1. The minimum atomic E-state index is -1.21. The molecule has 0 fully saturated rings. The van der Waals surface area contributed by atoms with E-state index in [9.17, 15) is 14.3 Å². The Morgan fingerprint density at radius 2 is 1.71 bits per heavy atom. The molecular formula is C15H10FN3O2. The Morgan fingerprint density at radius 1 is 1.05 bits per heavy atom. The van der Waals surface area contributed by atoms with Gasteiger partial charge in [0.05, 0.1) is 0 Å². The second kappa shape index (κ2) is 5.16. The third kappa shape index (κ3) is 2.27. The fraction of sp³-hybridized carbons (Fsp3) is 0. The van der Waals surface area contributed by atoms with Crippen LogP contribution in [-0.4, -0.2) is 26.1 Å². The maximum atomic E-state index is 13.9. The van der Waals surface area contributed by atoms with Gasteiger partial charge >= 0.3 is 5.97 Å². The molecule has 1 aromatic heterocycles. The van der Waals surface area contributed by atoms with Gasteiger partial charge in [-0.25, -0.2) is 13.9 Å². The van der Waals surface area contributed by atoms with Crippen LogP contribution in [-0.2, 0) is 0 Å². The molecule has 0 saturated heterocycles. The number of benzene rings is 2. The first-order valence-corrected chi connectivity index (χ1v) is 6.18. The Morgan fingerprint density at radius 3 is 2.38 bits per heavy atom. The van der Waals surface area contributed by atoms with Crippen molar-refractivity contribution in [2.24, 2.45) is 0 Å². The van der Waals surface area contributed by atoms with E-state index in [1.807, 2.05) is 0 Å². The van der Waals surface area contributed by atoms with E-state index in [0.29, 0.717) is 5.56 Å². The number of carboxylic acids is 1. The van der Waals surface area contributed by atoms with E-state index in [1.54, 1.807) is 42.5 Å². The molecule has 0 saturated carbocycles. The van der Waals surface area contributed by atoms with Crippen LogP contribution in [0.25, 0.3) is 16.9 Å². The van der Waals surface area contributed by atoms with Crippen molar-refractivity contribution in [3.8, 4) is 16.9 Å². The van der Waals surface area contributed by atoms with Crippen LogP contribution in [0.2, 0.25) is 0 Å². The molecule has 3 rings (SSSR count). The van der Waals surface area contributed by atoms with Crippen molar-refractivity contribution in [1.82, 2.24) is 15.0 Å². The van der Waals surface area contributed by atoms with Crippen molar-refractivity contribution >= 4 is 5.97 Å². The van der Waals surface area contributed by atoms with Crippen LogP contribution in [0.5, 0.6) is 0 Å². The molecule has 0 bridgehead atoms. The molecule has 104 valence electrons. The van der Waals surface area contributed by atoms with Gasteiger partial charge in [0.15, 0.2) is 5.69 Å². The summed E-state index contributed by atoms with van der Waals surface area (Å²) in [7, 11) is 0. The third-order valence-corrected chi connectivity index (χ3v) is 3.00. The fourth-order valence-corrected chi connectivity index (χ4v) is 2.07. The highest BCUT2D eigenvalue weighted by Gasteiger charge is 2.22. The van der Waals surface area contributed by atoms with Crippen molar-refractivity contribution in [3.63, 3.8) is 0 Å². The minimum absolute atomic E-state index is 0.149. The number of hydrogen-bond acceptors (Lipinski definition) is 3. The maximum absolute atomic E-state index is 13.9. The van der Waals surface area contributed by atoms with Gasteiger partial charge in [-0.05, 0) is 12.1 Å². The number of aromatic nitrogens is 3. The molecule has 0 aliphatic carbocycles. The highest BCUT2D eigenvalue weighted by Crippen LogP contribution is 2.26. The zero-order valence-corrected chi connectivity index (χ0v) is 10.8. The summed E-state index contributed by atoms with van der Waals surface area (Å²) in [5.41, 5.74) is 0.775. The predicted molar refractivity (Wildman–Crippen MR) is 73.7 cm³/mol. The van der Waals surface area contributed by atoms with Crippen molar-refractivity contribution in [2.75, 3.05) is 0 Å². The standard InChI is InChI=1S/C15H10FN3O2/c16-11-8-4-5-9-12(11)19-14(10-6-2-1-3-7-10)13(15(20)21)17-18-19/h1-9H,(H,20,21). The van der Waals surface area contributed by atoms with Gasteiger partial charge in [0.1, 0.15) is 17.2 Å². The lowest BCUT2D eigenvalue weighted by atomic mass is 10.1. The van der Waals surface area contributed by atoms with Crippen molar-refractivity contribution in [1.29, 1.82) is 0 Å². The van der Waals surface area contributed by atoms with Gasteiger partial charge in [-0.1, -0.05) is 47.7 Å². The van der Waals surface area contributed by atoms with Gasteiger partial charge in [0.2, 0.25) is 0 Å². The predicted octanol–water partition coefficient (Wildman–Crippen LogP) is 2.77. The fourth-order valence-electron chi connectivity index (χ4n) is 2.07. The first-order chi connectivity index (χ1) is 10.2. The van der Waals surface area contributed by atoms with Gasteiger partial charge < -0.3 is 5.11 Å². The van der Waals surface area contributed by atoms with Crippen molar-refractivity contribution in [2.45, 2.75) is 0 Å². The lowest BCUT2D eigenvalue weighted by molar-refractivity contribution is 0.0691. The van der Waals surface area contributed by atoms with E-state index in [2.05, 4.69) is 10.3 Å². The number of halogens is 1. The Balaban J connectivity index is 2.28. The lowest BCUT2D eigenvalue weighted by Gasteiger charge is -2.08. The van der Waals surface area contributed by atoms with Gasteiger partial charge in [0, 0.05) is 5.56 Å². The van der Waals surface area contributed by atoms with E-state index in [1.165, 1.54) is 16.8 Å². The highest BCUT2D eigenvalue weighted by molar-refractivity contribution is 5.93. The van der Waals surface area contributed by atoms with E-state index >= 15 is 0 Å². The van der Waals surface area contributed by atoms with Crippen LogP contribution in [0.15, 0.2) is 54.6 Å². The molecule has 0 amide bonds. The summed E-state index contributed by atoms with van der Waals surface area (Å²) < 4.78 is 15.1. The summed E-state index contributed by atoms with van der Waals surface area (Å²) in [5, 5.41) is 16.7. The number of nitrogens with zero attached hydrogens (tertiary/aromatic N) is 3. The van der Waals surface area contributed by atoms with Gasteiger partial charge in [-0.3, -0.25) is 0 Å². The number of carboxylic acid groups (broad SMARTS) is 1. The summed E-state index contributed by atoms with van der Waals surface area (Å²) in [6, 6.07) is 14.8. The zero-order valence-electron chi connectivity index (χ0n) is 10.8. The van der Waals surface area contributed by atoms with E-state index < -0.39 is 11.8 Å². The molecule has 0 radical (unpaired) electrons. The number of aromatic carboxylic acids is 1. The molecule has 2 aromatic carbocycles. The van der Waals surface area contributed by atoms with Crippen LogP contribution < -0.4 is 0 Å². The first kappa shape index (κ1) is 13.0. The van der Waals surface area contributed by atoms with Gasteiger partial charge in [0.25, 0.3) is 0 Å². The Hall–Kier alpha value is -3.02. The minimum Gasteiger partial charge on any atom is -0.476 e. The Bertz CT molecular complexity index is 800. The summed E-state index contributed by atoms with van der Waals surface area (Å²) >= 11 is 0. The molecule has 6 heteroatoms.